The van der Waals surface area contributed by atoms with Crippen molar-refractivity contribution in [2.75, 3.05) is 38.5 Å². The van der Waals surface area contributed by atoms with Crippen molar-refractivity contribution in [3.05, 3.63) is 94.4 Å². The number of nitrogens with one attached hydrogen (secondary N) is 1. The minimum atomic E-state index is -4.54. The van der Waals surface area contributed by atoms with E-state index in [0.29, 0.717) is 30.0 Å². The van der Waals surface area contributed by atoms with E-state index < -0.39 is 17.6 Å². The lowest BCUT2D eigenvalue weighted by atomic mass is 10.0. The van der Waals surface area contributed by atoms with E-state index >= 15 is 0 Å². The molecule has 7 nitrogen and oxygen atoms in total. The third-order valence-electron chi connectivity index (χ3n) is 6.77. The molecule has 2 aromatic heterocycles. The standard InChI is InChI=1S/C29H27F3N6O.C2H6/c1-20-5-6-22(16-21(20)8-10-25-18-33-27-4-3-11-34-38(25)27)28(39)35-24-9-7-23(26(17-24)29(30,31)32)19-37-14-12-36(2)13-15-37;1-2/h3-7,9,11,16-18H,12-15,19H2,1-2H3,(H,35,39);1-2H3. The topological polar surface area (TPSA) is 65.8 Å². The molecule has 1 saturated heterocycles. The maximum Gasteiger partial charge on any atom is 0.416 e. The first kappa shape index (κ1) is 29.8. The van der Waals surface area contributed by atoms with E-state index in [-0.39, 0.29) is 23.4 Å². The van der Waals surface area contributed by atoms with Crippen molar-refractivity contribution in [3.8, 4) is 11.8 Å². The number of aryl methyl sites for hydroxylation is 1. The number of alkyl halides is 3. The zero-order valence-electron chi connectivity index (χ0n) is 23.6. The summed E-state index contributed by atoms with van der Waals surface area (Å²) in [7, 11) is 2.00. The fourth-order valence-corrected chi connectivity index (χ4v) is 4.45. The van der Waals surface area contributed by atoms with Crippen LogP contribution in [0.25, 0.3) is 5.65 Å². The van der Waals surface area contributed by atoms with E-state index in [1.165, 1.54) is 12.1 Å². The third-order valence-corrected chi connectivity index (χ3v) is 6.77. The van der Waals surface area contributed by atoms with Crippen LogP contribution in [0.15, 0.2) is 60.9 Å². The predicted molar refractivity (Wildman–Crippen MR) is 154 cm³/mol. The van der Waals surface area contributed by atoms with E-state index in [4.69, 9.17) is 0 Å². The van der Waals surface area contributed by atoms with Gasteiger partial charge in [-0.3, -0.25) is 9.69 Å². The molecule has 214 valence electrons. The van der Waals surface area contributed by atoms with E-state index in [0.717, 1.165) is 24.7 Å². The molecule has 1 aliphatic heterocycles. The van der Waals surface area contributed by atoms with Crippen LogP contribution in [0.5, 0.6) is 0 Å². The number of carbonyl (C=O) groups is 1. The number of anilines is 1. The van der Waals surface area contributed by atoms with Crippen molar-refractivity contribution < 1.29 is 18.0 Å². The molecule has 1 aliphatic rings. The molecule has 0 radical (unpaired) electrons. The number of rotatable bonds is 4. The second-order valence-electron chi connectivity index (χ2n) is 9.62. The summed E-state index contributed by atoms with van der Waals surface area (Å²) in [6.45, 7) is 9.12. The SMILES string of the molecule is CC.Cc1ccc(C(=O)Nc2ccc(CN3CCN(C)CC3)c(C(F)(F)F)c2)cc1C#Cc1cnc2cccnn12. The lowest BCUT2D eigenvalue weighted by molar-refractivity contribution is -0.138. The maximum atomic E-state index is 13.9. The number of benzene rings is 2. The molecule has 1 amide bonds. The second-order valence-corrected chi connectivity index (χ2v) is 9.62. The van der Waals surface area contributed by atoms with Gasteiger partial charge in [-0.2, -0.15) is 18.3 Å². The number of likely N-dealkylation sites (N-methyl/N-ethyl adjacent to an activating group) is 1. The zero-order valence-corrected chi connectivity index (χ0v) is 23.6. The summed E-state index contributed by atoms with van der Waals surface area (Å²) in [4.78, 5) is 21.4. The summed E-state index contributed by atoms with van der Waals surface area (Å²) in [6, 6.07) is 12.6. The maximum absolute atomic E-state index is 13.9. The van der Waals surface area contributed by atoms with Gasteiger partial charge in [-0.1, -0.05) is 31.9 Å². The largest absolute Gasteiger partial charge is 0.416 e. The highest BCUT2D eigenvalue weighted by atomic mass is 19.4. The molecule has 41 heavy (non-hydrogen) atoms. The van der Waals surface area contributed by atoms with Crippen molar-refractivity contribution in [1.29, 1.82) is 0 Å². The number of halogens is 3. The van der Waals surface area contributed by atoms with Gasteiger partial charge >= 0.3 is 6.18 Å². The molecule has 2 aromatic carbocycles. The van der Waals surface area contributed by atoms with Gasteiger partial charge in [0, 0.05) is 55.7 Å². The van der Waals surface area contributed by atoms with Crippen molar-refractivity contribution in [2.45, 2.75) is 33.5 Å². The van der Waals surface area contributed by atoms with Crippen LogP contribution in [0.4, 0.5) is 18.9 Å². The van der Waals surface area contributed by atoms with Gasteiger partial charge in [0.1, 0.15) is 5.69 Å². The Morgan fingerprint density at radius 2 is 1.78 bits per heavy atom. The van der Waals surface area contributed by atoms with Crippen molar-refractivity contribution >= 4 is 17.2 Å². The Bertz CT molecular complexity index is 1580. The highest BCUT2D eigenvalue weighted by Crippen LogP contribution is 2.34. The lowest BCUT2D eigenvalue weighted by Gasteiger charge is -2.33. The van der Waals surface area contributed by atoms with Crippen LogP contribution in [0, 0.1) is 18.8 Å². The molecule has 0 spiro atoms. The fourth-order valence-electron chi connectivity index (χ4n) is 4.45. The van der Waals surface area contributed by atoms with Crippen LogP contribution >= 0.6 is 0 Å². The number of piperazine rings is 1. The zero-order chi connectivity index (χ0) is 29.6. The number of amides is 1. The van der Waals surface area contributed by atoms with Gasteiger partial charge in [-0.25, -0.2) is 9.50 Å². The average Bonchev–Trinajstić information content (AvgIpc) is 3.38. The first-order valence-corrected chi connectivity index (χ1v) is 13.5. The summed E-state index contributed by atoms with van der Waals surface area (Å²) < 4.78 is 43.4. The molecule has 1 fully saturated rings. The summed E-state index contributed by atoms with van der Waals surface area (Å²) in [5.41, 5.74) is 2.56. The van der Waals surface area contributed by atoms with Gasteiger partial charge in [0.05, 0.1) is 11.8 Å². The molecule has 0 bridgehead atoms. The van der Waals surface area contributed by atoms with Gasteiger partial charge in [0.25, 0.3) is 5.91 Å². The Morgan fingerprint density at radius 1 is 1.02 bits per heavy atom. The molecule has 5 rings (SSSR count). The van der Waals surface area contributed by atoms with E-state index in [9.17, 15) is 18.0 Å². The van der Waals surface area contributed by atoms with Gasteiger partial charge in [0.2, 0.25) is 0 Å². The van der Waals surface area contributed by atoms with Crippen LogP contribution in [-0.2, 0) is 12.7 Å². The predicted octanol–water partition coefficient (Wildman–Crippen LogP) is 5.48. The highest BCUT2D eigenvalue weighted by Gasteiger charge is 2.34. The van der Waals surface area contributed by atoms with Gasteiger partial charge < -0.3 is 10.2 Å². The highest BCUT2D eigenvalue weighted by molar-refractivity contribution is 6.04. The molecule has 0 atom stereocenters. The smallest absolute Gasteiger partial charge is 0.322 e. The first-order chi connectivity index (χ1) is 19.7. The average molecular weight is 563 g/mol. The van der Waals surface area contributed by atoms with Crippen LogP contribution in [0.1, 0.15) is 52.2 Å². The number of carbonyl (C=O) groups excluding carboxylic acids is 1. The number of imidazole rings is 1. The minimum Gasteiger partial charge on any atom is -0.322 e. The summed E-state index contributed by atoms with van der Waals surface area (Å²) >= 11 is 0. The van der Waals surface area contributed by atoms with Crippen LogP contribution < -0.4 is 5.32 Å². The van der Waals surface area contributed by atoms with Crippen molar-refractivity contribution in [3.63, 3.8) is 0 Å². The normalized spacial score (nSPS) is 14.1. The van der Waals surface area contributed by atoms with Gasteiger partial charge in [-0.05, 0) is 67.4 Å². The van der Waals surface area contributed by atoms with E-state index in [2.05, 4.69) is 32.1 Å². The third kappa shape index (κ3) is 7.31. The quantitative estimate of drug-likeness (QED) is 0.334. The molecule has 4 aromatic rings. The summed E-state index contributed by atoms with van der Waals surface area (Å²) in [5, 5.41) is 6.85. The van der Waals surface area contributed by atoms with E-state index in [1.807, 2.05) is 38.8 Å². The summed E-state index contributed by atoms with van der Waals surface area (Å²) in [6.07, 6.45) is -1.28. The number of hydrogen-bond acceptors (Lipinski definition) is 5. The Labute approximate surface area is 238 Å². The molecule has 0 saturated carbocycles. The van der Waals surface area contributed by atoms with E-state index in [1.54, 1.807) is 41.2 Å². The molecular formula is C31H33F3N6O. The van der Waals surface area contributed by atoms with Crippen LogP contribution in [0.3, 0.4) is 0 Å². The Kier molecular flexibility index (Phi) is 9.42. The number of aromatic nitrogens is 3. The lowest BCUT2D eigenvalue weighted by Crippen LogP contribution is -2.44. The molecule has 3 heterocycles. The molecule has 10 heteroatoms. The van der Waals surface area contributed by atoms with Crippen LogP contribution in [-0.4, -0.2) is 63.5 Å². The Balaban J connectivity index is 0.00000189. The molecule has 1 N–H and O–H groups in total. The first-order valence-electron chi connectivity index (χ1n) is 13.5. The number of fused-ring (bicyclic) bond motifs is 1. The molecule has 0 aliphatic carbocycles. The molecular weight excluding hydrogens is 529 g/mol. The number of hydrogen-bond donors (Lipinski definition) is 1. The van der Waals surface area contributed by atoms with Crippen molar-refractivity contribution in [2.24, 2.45) is 0 Å². The number of nitrogens with zero attached hydrogens (tertiary/aromatic N) is 5. The van der Waals surface area contributed by atoms with Gasteiger partial charge in [0.15, 0.2) is 5.65 Å². The Hall–Kier alpha value is -4.20. The molecule has 0 unspecified atom stereocenters. The van der Waals surface area contributed by atoms with Crippen molar-refractivity contribution in [1.82, 2.24) is 24.4 Å². The monoisotopic (exact) mass is 562 g/mol. The fraction of sp³-hybridized carbons (Fsp3) is 0.323. The van der Waals surface area contributed by atoms with Gasteiger partial charge in [-0.15, -0.1) is 0 Å². The Morgan fingerprint density at radius 3 is 2.51 bits per heavy atom. The summed E-state index contributed by atoms with van der Waals surface area (Å²) in [5.74, 6) is 5.57. The minimum absolute atomic E-state index is 0.0828. The second kappa shape index (κ2) is 13.0. The van der Waals surface area contributed by atoms with Crippen LogP contribution in [0.2, 0.25) is 0 Å².